The smallest absolute Gasteiger partial charge is 0.0880 e. The van der Waals surface area contributed by atoms with Crippen LogP contribution in [-0.2, 0) is 6.54 Å². The Morgan fingerprint density at radius 1 is 0.909 bits per heavy atom. The van der Waals surface area contributed by atoms with Crippen molar-refractivity contribution in [1.82, 2.24) is 4.90 Å². The molecule has 1 saturated heterocycles. The average molecular weight is 293 g/mol. The monoisotopic (exact) mass is 293 g/mol. The fourth-order valence-electron chi connectivity index (χ4n) is 3.69. The van der Waals surface area contributed by atoms with Crippen LogP contribution >= 0.6 is 0 Å². The number of nitrogens with one attached hydrogen (secondary N) is 1. The highest BCUT2D eigenvalue weighted by molar-refractivity contribution is 5.74. The molecule has 3 nitrogen and oxygen atoms in total. The summed E-state index contributed by atoms with van der Waals surface area (Å²) in [5, 5.41) is 3.51. The summed E-state index contributed by atoms with van der Waals surface area (Å²) in [6, 6.07) is 20.2. The second kappa shape index (κ2) is 6.01. The molecule has 3 heteroatoms. The van der Waals surface area contributed by atoms with E-state index in [2.05, 4.69) is 69.7 Å². The number of piperidine rings is 1. The SMILES string of the molecule is c1ccc(CN2CCC(N3CNc4ccccc43)CC2)cc1. The van der Waals surface area contributed by atoms with Gasteiger partial charge in [0.1, 0.15) is 0 Å². The van der Waals surface area contributed by atoms with Crippen LogP contribution in [0.15, 0.2) is 54.6 Å². The Balaban J connectivity index is 1.37. The van der Waals surface area contributed by atoms with Crippen LogP contribution in [0.2, 0.25) is 0 Å². The Kier molecular flexibility index (Phi) is 3.73. The lowest BCUT2D eigenvalue weighted by Crippen LogP contribution is -2.44. The van der Waals surface area contributed by atoms with Crippen molar-refractivity contribution in [3.63, 3.8) is 0 Å². The van der Waals surface area contributed by atoms with Gasteiger partial charge in [-0.15, -0.1) is 0 Å². The normalized spacial score (nSPS) is 19.0. The van der Waals surface area contributed by atoms with Gasteiger partial charge in [-0.05, 0) is 30.5 Å². The zero-order valence-corrected chi connectivity index (χ0v) is 12.9. The molecule has 0 atom stereocenters. The van der Waals surface area contributed by atoms with Crippen LogP contribution in [0, 0.1) is 0 Å². The van der Waals surface area contributed by atoms with Crippen LogP contribution in [0.4, 0.5) is 11.4 Å². The van der Waals surface area contributed by atoms with Crippen molar-refractivity contribution in [3.8, 4) is 0 Å². The zero-order valence-electron chi connectivity index (χ0n) is 12.9. The second-order valence-electron chi connectivity index (χ2n) is 6.31. The first-order valence-corrected chi connectivity index (χ1v) is 8.26. The van der Waals surface area contributed by atoms with Crippen LogP contribution in [0.1, 0.15) is 18.4 Å². The summed E-state index contributed by atoms with van der Waals surface area (Å²) >= 11 is 0. The van der Waals surface area contributed by atoms with Crippen molar-refractivity contribution in [3.05, 3.63) is 60.2 Å². The molecule has 1 fully saturated rings. The standard InChI is InChI=1S/C19H23N3/c1-2-6-16(7-3-1)14-21-12-10-17(11-13-21)22-15-20-18-8-4-5-9-19(18)22/h1-9,17,20H,10-15H2. The molecule has 2 aromatic rings. The van der Waals surface area contributed by atoms with E-state index in [-0.39, 0.29) is 0 Å². The minimum atomic E-state index is 0.670. The first kappa shape index (κ1) is 13.6. The van der Waals surface area contributed by atoms with Crippen molar-refractivity contribution in [1.29, 1.82) is 0 Å². The lowest BCUT2D eigenvalue weighted by molar-refractivity contribution is 0.202. The summed E-state index contributed by atoms with van der Waals surface area (Å²) in [7, 11) is 0. The molecule has 2 aliphatic rings. The number of anilines is 2. The summed E-state index contributed by atoms with van der Waals surface area (Å²) in [5.41, 5.74) is 4.09. The number of hydrogen-bond acceptors (Lipinski definition) is 3. The number of likely N-dealkylation sites (tertiary alicyclic amines) is 1. The lowest BCUT2D eigenvalue weighted by Gasteiger charge is -2.37. The van der Waals surface area contributed by atoms with Gasteiger partial charge in [-0.2, -0.15) is 0 Å². The van der Waals surface area contributed by atoms with Gasteiger partial charge in [0.15, 0.2) is 0 Å². The van der Waals surface area contributed by atoms with E-state index in [1.54, 1.807) is 0 Å². The van der Waals surface area contributed by atoms with Crippen LogP contribution in [0.3, 0.4) is 0 Å². The number of rotatable bonds is 3. The molecule has 114 valence electrons. The van der Waals surface area contributed by atoms with Gasteiger partial charge in [-0.1, -0.05) is 42.5 Å². The number of benzene rings is 2. The molecule has 0 radical (unpaired) electrons. The van der Waals surface area contributed by atoms with Gasteiger partial charge in [0.2, 0.25) is 0 Å². The first-order valence-electron chi connectivity index (χ1n) is 8.26. The summed E-state index contributed by atoms with van der Waals surface area (Å²) in [6.45, 7) is 4.43. The topological polar surface area (TPSA) is 18.5 Å². The second-order valence-corrected chi connectivity index (χ2v) is 6.31. The van der Waals surface area contributed by atoms with Crippen LogP contribution < -0.4 is 10.2 Å². The van der Waals surface area contributed by atoms with E-state index < -0.39 is 0 Å². The van der Waals surface area contributed by atoms with E-state index in [9.17, 15) is 0 Å². The lowest BCUT2D eigenvalue weighted by atomic mass is 10.0. The quantitative estimate of drug-likeness (QED) is 0.934. The highest BCUT2D eigenvalue weighted by Crippen LogP contribution is 2.34. The van der Waals surface area contributed by atoms with Crippen LogP contribution in [-0.4, -0.2) is 30.7 Å². The van der Waals surface area contributed by atoms with Crippen LogP contribution in [0.25, 0.3) is 0 Å². The van der Waals surface area contributed by atoms with E-state index in [0.717, 1.165) is 13.2 Å². The van der Waals surface area contributed by atoms with Crippen LogP contribution in [0.5, 0.6) is 0 Å². The van der Waals surface area contributed by atoms with E-state index >= 15 is 0 Å². The van der Waals surface area contributed by atoms with Gasteiger partial charge in [0.05, 0.1) is 18.0 Å². The largest absolute Gasteiger partial charge is 0.366 e. The molecule has 1 N–H and O–H groups in total. The maximum absolute atomic E-state index is 3.51. The summed E-state index contributed by atoms with van der Waals surface area (Å²) in [6.07, 6.45) is 2.51. The van der Waals surface area contributed by atoms with Crippen molar-refractivity contribution in [2.45, 2.75) is 25.4 Å². The molecule has 0 saturated carbocycles. The molecule has 22 heavy (non-hydrogen) atoms. The average Bonchev–Trinajstić information content (AvgIpc) is 3.01. The Bertz CT molecular complexity index is 618. The van der Waals surface area contributed by atoms with Crippen molar-refractivity contribution >= 4 is 11.4 Å². The van der Waals surface area contributed by atoms with Gasteiger partial charge >= 0.3 is 0 Å². The number of hydrogen-bond donors (Lipinski definition) is 1. The highest BCUT2D eigenvalue weighted by atomic mass is 15.3. The Morgan fingerprint density at radius 2 is 1.64 bits per heavy atom. The Hall–Kier alpha value is -2.00. The van der Waals surface area contributed by atoms with Crippen molar-refractivity contribution in [2.75, 3.05) is 30.0 Å². The third-order valence-corrected chi connectivity index (χ3v) is 4.90. The molecule has 4 rings (SSSR count). The van der Waals surface area contributed by atoms with Gasteiger partial charge in [-0.25, -0.2) is 0 Å². The molecular formula is C19H23N3. The number of nitrogens with zero attached hydrogens (tertiary/aromatic N) is 2. The number of para-hydroxylation sites is 2. The Labute approximate surface area is 132 Å². The fourth-order valence-corrected chi connectivity index (χ4v) is 3.69. The maximum Gasteiger partial charge on any atom is 0.0880 e. The maximum atomic E-state index is 3.51. The van der Waals surface area contributed by atoms with Gasteiger partial charge in [0, 0.05) is 25.7 Å². The van der Waals surface area contributed by atoms with E-state index in [0.29, 0.717) is 6.04 Å². The van der Waals surface area contributed by atoms with E-state index in [4.69, 9.17) is 0 Å². The molecule has 0 bridgehead atoms. The number of fused-ring (bicyclic) bond motifs is 1. The molecule has 0 amide bonds. The predicted molar refractivity (Wildman–Crippen MR) is 92.2 cm³/mol. The highest BCUT2D eigenvalue weighted by Gasteiger charge is 2.28. The minimum absolute atomic E-state index is 0.670. The summed E-state index contributed by atoms with van der Waals surface area (Å²) < 4.78 is 0. The van der Waals surface area contributed by atoms with Gasteiger partial charge in [0.25, 0.3) is 0 Å². The molecule has 2 heterocycles. The Morgan fingerprint density at radius 3 is 2.45 bits per heavy atom. The summed E-state index contributed by atoms with van der Waals surface area (Å²) in [4.78, 5) is 5.14. The first-order chi connectivity index (χ1) is 10.9. The minimum Gasteiger partial charge on any atom is -0.366 e. The molecule has 2 aliphatic heterocycles. The van der Waals surface area contributed by atoms with E-state index in [1.165, 1.54) is 42.9 Å². The molecule has 0 aromatic heterocycles. The van der Waals surface area contributed by atoms with Gasteiger partial charge < -0.3 is 10.2 Å². The predicted octanol–water partition coefficient (Wildman–Crippen LogP) is 3.54. The van der Waals surface area contributed by atoms with Gasteiger partial charge in [-0.3, -0.25) is 4.90 Å². The molecule has 0 unspecified atom stereocenters. The molecule has 0 aliphatic carbocycles. The third-order valence-electron chi connectivity index (χ3n) is 4.90. The van der Waals surface area contributed by atoms with Crippen molar-refractivity contribution < 1.29 is 0 Å². The fraction of sp³-hybridized carbons (Fsp3) is 0.368. The van der Waals surface area contributed by atoms with Crippen molar-refractivity contribution in [2.24, 2.45) is 0 Å². The molecule has 2 aromatic carbocycles. The molecule has 0 spiro atoms. The van der Waals surface area contributed by atoms with E-state index in [1.807, 2.05) is 0 Å². The molecular weight excluding hydrogens is 270 g/mol. The zero-order chi connectivity index (χ0) is 14.8. The third kappa shape index (κ3) is 2.69. The summed E-state index contributed by atoms with van der Waals surface area (Å²) in [5.74, 6) is 0.